The number of nitro groups is 1. The molecule has 1 aromatic carbocycles. The number of ether oxygens (including phenoxy) is 1. The van der Waals surface area contributed by atoms with E-state index in [1.165, 1.54) is 14.2 Å². The molecule has 0 unspecified atom stereocenters. The summed E-state index contributed by atoms with van der Waals surface area (Å²) in [6.07, 6.45) is 0. The molecule has 112 valence electrons. The van der Waals surface area contributed by atoms with Gasteiger partial charge in [-0.25, -0.2) is 12.8 Å². The zero-order chi connectivity index (χ0) is 15.5. The quantitative estimate of drug-likeness (QED) is 0.467. The van der Waals surface area contributed by atoms with Crippen LogP contribution in [0.2, 0.25) is 0 Å². The summed E-state index contributed by atoms with van der Waals surface area (Å²) in [5.74, 6) is -1.26. The number of nitro benzene ring substituents is 1. The second kappa shape index (κ2) is 6.11. The first-order valence-corrected chi connectivity index (χ1v) is 6.84. The Balaban J connectivity index is 3.29. The van der Waals surface area contributed by atoms with Gasteiger partial charge < -0.3 is 10.5 Å². The second-order valence-electron chi connectivity index (χ2n) is 3.92. The lowest BCUT2D eigenvalue weighted by Crippen LogP contribution is -2.31. The summed E-state index contributed by atoms with van der Waals surface area (Å²) in [5.41, 5.74) is 4.31. The van der Waals surface area contributed by atoms with Gasteiger partial charge in [-0.2, -0.15) is 4.31 Å². The highest BCUT2D eigenvalue weighted by Crippen LogP contribution is 2.29. The molecule has 0 aromatic heterocycles. The smallest absolute Gasteiger partial charge is 0.274 e. The fourth-order valence-corrected chi connectivity index (χ4v) is 2.76. The topological polar surface area (TPSA) is 116 Å². The summed E-state index contributed by atoms with van der Waals surface area (Å²) >= 11 is 0. The number of hydrogen-bond donors (Lipinski definition) is 1. The van der Waals surface area contributed by atoms with E-state index >= 15 is 0 Å². The minimum Gasteiger partial charge on any atom is -0.397 e. The minimum absolute atomic E-state index is 0.00526. The molecule has 0 spiro atoms. The number of hydrogen-bond acceptors (Lipinski definition) is 6. The molecule has 0 aliphatic carbocycles. The van der Waals surface area contributed by atoms with E-state index in [9.17, 15) is 22.9 Å². The standard InChI is InChI=1S/C10H14FN3O5S/c1-13(3-4-19-2)20(17,18)10-8(11)5-7(14(15)16)6-9(10)12/h5-6H,3-4,12H2,1-2H3. The van der Waals surface area contributed by atoms with E-state index in [-0.39, 0.29) is 13.2 Å². The molecule has 1 rings (SSSR count). The van der Waals surface area contributed by atoms with Crippen LogP contribution in [0.3, 0.4) is 0 Å². The molecule has 0 saturated heterocycles. The molecule has 0 atom stereocenters. The van der Waals surface area contributed by atoms with Crippen molar-refractivity contribution in [1.82, 2.24) is 4.31 Å². The minimum atomic E-state index is -4.18. The summed E-state index contributed by atoms with van der Waals surface area (Å²) < 4.78 is 43.7. The lowest BCUT2D eigenvalue weighted by molar-refractivity contribution is -0.385. The number of anilines is 1. The molecule has 0 amide bonds. The van der Waals surface area contributed by atoms with E-state index in [2.05, 4.69) is 0 Å². The molecule has 0 bridgehead atoms. The van der Waals surface area contributed by atoms with E-state index in [0.717, 1.165) is 10.4 Å². The highest BCUT2D eigenvalue weighted by molar-refractivity contribution is 7.89. The van der Waals surface area contributed by atoms with Gasteiger partial charge in [0.2, 0.25) is 10.0 Å². The van der Waals surface area contributed by atoms with E-state index in [1.54, 1.807) is 0 Å². The Bertz CT molecular complexity index is 596. The SMILES string of the molecule is COCCN(C)S(=O)(=O)c1c(N)cc([N+](=O)[O-])cc1F. The van der Waals surface area contributed by atoms with Crippen LogP contribution in [0.5, 0.6) is 0 Å². The van der Waals surface area contributed by atoms with Crippen molar-refractivity contribution in [2.24, 2.45) is 0 Å². The van der Waals surface area contributed by atoms with Gasteiger partial charge in [-0.3, -0.25) is 10.1 Å². The average molecular weight is 307 g/mol. The first-order chi connectivity index (χ1) is 9.21. The molecule has 2 N–H and O–H groups in total. The van der Waals surface area contributed by atoms with Crippen molar-refractivity contribution >= 4 is 21.4 Å². The normalized spacial score (nSPS) is 11.8. The Hall–Kier alpha value is -1.78. The molecule has 0 radical (unpaired) electrons. The number of non-ortho nitro benzene ring substituents is 1. The van der Waals surface area contributed by atoms with Crippen LogP contribution in [0.4, 0.5) is 15.8 Å². The number of nitrogen functional groups attached to an aromatic ring is 1. The lowest BCUT2D eigenvalue weighted by atomic mass is 10.3. The molecule has 10 heteroatoms. The fraction of sp³-hybridized carbons (Fsp3) is 0.400. The van der Waals surface area contributed by atoms with Gasteiger partial charge in [0.15, 0.2) is 5.82 Å². The van der Waals surface area contributed by atoms with E-state index < -0.39 is 37.0 Å². The van der Waals surface area contributed by atoms with Crippen molar-refractivity contribution in [3.63, 3.8) is 0 Å². The van der Waals surface area contributed by atoms with Crippen LogP contribution in [0.25, 0.3) is 0 Å². The second-order valence-corrected chi connectivity index (χ2v) is 5.90. The van der Waals surface area contributed by atoms with E-state index in [1.807, 2.05) is 0 Å². The molecule has 8 nitrogen and oxygen atoms in total. The molecular weight excluding hydrogens is 293 g/mol. The number of sulfonamides is 1. The number of nitrogens with zero attached hydrogens (tertiary/aromatic N) is 2. The fourth-order valence-electron chi connectivity index (χ4n) is 1.47. The van der Waals surface area contributed by atoms with Crippen LogP contribution >= 0.6 is 0 Å². The molecule has 0 heterocycles. The number of halogens is 1. The number of benzene rings is 1. The maximum atomic E-state index is 13.8. The van der Waals surface area contributed by atoms with Crippen molar-refractivity contribution in [2.75, 3.05) is 33.0 Å². The Morgan fingerprint density at radius 1 is 1.50 bits per heavy atom. The third kappa shape index (κ3) is 3.21. The van der Waals surface area contributed by atoms with Crippen LogP contribution in [0.1, 0.15) is 0 Å². The van der Waals surface area contributed by atoms with Crippen molar-refractivity contribution in [3.8, 4) is 0 Å². The van der Waals surface area contributed by atoms with Gasteiger partial charge in [-0.15, -0.1) is 0 Å². The maximum Gasteiger partial charge on any atom is 0.274 e. The third-order valence-corrected chi connectivity index (χ3v) is 4.50. The number of rotatable bonds is 6. The monoisotopic (exact) mass is 307 g/mol. The third-order valence-electron chi connectivity index (χ3n) is 2.55. The first kappa shape index (κ1) is 16.3. The first-order valence-electron chi connectivity index (χ1n) is 5.40. The predicted molar refractivity (Wildman–Crippen MR) is 69.2 cm³/mol. The van der Waals surface area contributed by atoms with Crippen LogP contribution < -0.4 is 5.73 Å². The number of methoxy groups -OCH3 is 1. The largest absolute Gasteiger partial charge is 0.397 e. The van der Waals surface area contributed by atoms with Crippen LogP contribution in [-0.2, 0) is 14.8 Å². The Morgan fingerprint density at radius 3 is 2.55 bits per heavy atom. The van der Waals surface area contributed by atoms with E-state index in [0.29, 0.717) is 6.07 Å². The Labute approximate surface area is 115 Å². The summed E-state index contributed by atoms with van der Waals surface area (Å²) in [6, 6.07) is 1.33. The number of nitrogens with two attached hydrogens (primary N) is 1. The Kier molecular flexibility index (Phi) is 4.98. The van der Waals surface area contributed by atoms with Crippen molar-refractivity contribution in [2.45, 2.75) is 4.90 Å². The predicted octanol–water partition coefficient (Wildman–Crippen LogP) is 0.583. The molecular formula is C10H14FN3O5S. The summed E-state index contributed by atoms with van der Waals surface area (Å²) in [7, 11) is -1.56. The zero-order valence-electron chi connectivity index (χ0n) is 10.9. The summed E-state index contributed by atoms with van der Waals surface area (Å²) in [6.45, 7) is 0.110. The molecule has 1 aromatic rings. The molecule has 20 heavy (non-hydrogen) atoms. The highest BCUT2D eigenvalue weighted by atomic mass is 32.2. The zero-order valence-corrected chi connectivity index (χ0v) is 11.7. The highest BCUT2D eigenvalue weighted by Gasteiger charge is 2.29. The van der Waals surface area contributed by atoms with Gasteiger partial charge in [-0.1, -0.05) is 0 Å². The van der Waals surface area contributed by atoms with Gasteiger partial charge in [0.1, 0.15) is 4.90 Å². The van der Waals surface area contributed by atoms with Crippen LogP contribution in [0.15, 0.2) is 17.0 Å². The molecule has 0 aliphatic rings. The molecule has 0 aliphatic heterocycles. The van der Waals surface area contributed by atoms with Crippen molar-refractivity contribution < 1.29 is 22.5 Å². The number of likely N-dealkylation sites (N-methyl/N-ethyl adjacent to an activating group) is 1. The van der Waals surface area contributed by atoms with Gasteiger partial charge in [0, 0.05) is 26.8 Å². The van der Waals surface area contributed by atoms with Gasteiger partial charge >= 0.3 is 0 Å². The van der Waals surface area contributed by atoms with Gasteiger partial charge in [0.25, 0.3) is 5.69 Å². The maximum absolute atomic E-state index is 13.8. The summed E-state index contributed by atoms with van der Waals surface area (Å²) in [5, 5.41) is 10.5. The Morgan fingerprint density at radius 2 is 2.10 bits per heavy atom. The van der Waals surface area contributed by atoms with Gasteiger partial charge in [0.05, 0.1) is 23.3 Å². The van der Waals surface area contributed by atoms with Crippen molar-refractivity contribution in [1.29, 1.82) is 0 Å². The average Bonchev–Trinajstić information content (AvgIpc) is 2.34. The van der Waals surface area contributed by atoms with Crippen LogP contribution in [0, 0.1) is 15.9 Å². The van der Waals surface area contributed by atoms with Gasteiger partial charge in [-0.05, 0) is 0 Å². The van der Waals surface area contributed by atoms with E-state index in [4.69, 9.17) is 10.5 Å². The molecule has 0 fully saturated rings. The van der Waals surface area contributed by atoms with Crippen LogP contribution in [-0.4, -0.2) is 45.0 Å². The lowest BCUT2D eigenvalue weighted by Gasteiger charge is -2.18. The van der Waals surface area contributed by atoms with Crippen molar-refractivity contribution in [3.05, 3.63) is 28.1 Å². The summed E-state index contributed by atoms with van der Waals surface area (Å²) in [4.78, 5) is 8.92. The molecule has 0 saturated carbocycles.